The fourth-order valence-electron chi connectivity index (χ4n) is 3.00. The number of anilines is 1. The van der Waals surface area contributed by atoms with Gasteiger partial charge in [0.1, 0.15) is 17.6 Å². The average Bonchev–Trinajstić information content (AvgIpc) is 3.19. The van der Waals surface area contributed by atoms with Crippen LogP contribution in [0.2, 0.25) is 0 Å². The highest BCUT2D eigenvalue weighted by molar-refractivity contribution is 7.16. The number of hydrogen-bond donors (Lipinski definition) is 1. The SMILES string of the molecule is CCOc1cc2c(cc1NC(=O)c1ccc3ncsc3c1)OC(C)C2. The number of amides is 1. The van der Waals surface area contributed by atoms with Gasteiger partial charge in [-0.05, 0) is 38.1 Å². The Bertz CT molecular complexity index is 951. The maximum atomic E-state index is 12.7. The van der Waals surface area contributed by atoms with E-state index in [4.69, 9.17) is 9.47 Å². The molecule has 0 spiro atoms. The second-order valence-electron chi connectivity index (χ2n) is 6.01. The molecular weight excluding hydrogens is 336 g/mol. The van der Waals surface area contributed by atoms with Gasteiger partial charge in [-0.1, -0.05) is 0 Å². The third kappa shape index (κ3) is 3.05. The molecule has 6 heteroatoms. The van der Waals surface area contributed by atoms with Crippen LogP contribution in [0.1, 0.15) is 29.8 Å². The molecule has 0 saturated heterocycles. The largest absolute Gasteiger partial charge is 0.492 e. The topological polar surface area (TPSA) is 60.5 Å². The molecule has 2 aromatic carbocycles. The van der Waals surface area contributed by atoms with Crippen molar-refractivity contribution in [1.29, 1.82) is 0 Å². The molecular formula is C19H18N2O3S. The Labute approximate surface area is 149 Å². The Balaban J connectivity index is 1.64. The van der Waals surface area contributed by atoms with Crippen LogP contribution < -0.4 is 14.8 Å². The van der Waals surface area contributed by atoms with Gasteiger partial charge in [0.25, 0.3) is 5.91 Å². The van der Waals surface area contributed by atoms with Crippen molar-refractivity contribution in [2.24, 2.45) is 0 Å². The monoisotopic (exact) mass is 354 g/mol. The van der Waals surface area contributed by atoms with E-state index < -0.39 is 0 Å². The van der Waals surface area contributed by atoms with Crippen molar-refractivity contribution in [2.45, 2.75) is 26.4 Å². The molecule has 4 rings (SSSR count). The highest BCUT2D eigenvalue weighted by atomic mass is 32.1. The predicted octanol–water partition coefficient (Wildman–Crippen LogP) is 4.27. The summed E-state index contributed by atoms with van der Waals surface area (Å²) < 4.78 is 12.5. The number of rotatable bonds is 4. The van der Waals surface area contributed by atoms with Crippen LogP contribution in [0.25, 0.3) is 10.2 Å². The van der Waals surface area contributed by atoms with Gasteiger partial charge in [0.15, 0.2) is 0 Å². The molecule has 1 atom stereocenters. The van der Waals surface area contributed by atoms with Gasteiger partial charge >= 0.3 is 0 Å². The number of nitrogens with zero attached hydrogens (tertiary/aromatic N) is 1. The molecule has 1 aromatic heterocycles. The molecule has 128 valence electrons. The van der Waals surface area contributed by atoms with E-state index in [0.717, 1.165) is 28.0 Å². The standard InChI is InChI=1S/C19H18N2O3S/c1-3-23-17-7-13-6-11(2)24-16(13)9-15(17)21-19(22)12-4-5-14-18(8-12)25-10-20-14/h4-5,7-11H,3,6H2,1-2H3,(H,21,22). The number of benzene rings is 2. The van der Waals surface area contributed by atoms with Crippen molar-refractivity contribution in [2.75, 3.05) is 11.9 Å². The van der Waals surface area contributed by atoms with Crippen molar-refractivity contribution < 1.29 is 14.3 Å². The lowest BCUT2D eigenvalue weighted by atomic mass is 10.1. The summed E-state index contributed by atoms with van der Waals surface area (Å²) in [7, 11) is 0. The van der Waals surface area contributed by atoms with Crippen LogP contribution in [0.4, 0.5) is 5.69 Å². The number of nitrogens with one attached hydrogen (secondary N) is 1. The Morgan fingerprint density at radius 3 is 3.12 bits per heavy atom. The second-order valence-corrected chi connectivity index (χ2v) is 6.90. The van der Waals surface area contributed by atoms with E-state index in [1.54, 1.807) is 11.6 Å². The first kappa shape index (κ1) is 15.9. The van der Waals surface area contributed by atoms with Crippen LogP contribution in [-0.4, -0.2) is 23.6 Å². The fourth-order valence-corrected chi connectivity index (χ4v) is 3.72. The van der Waals surface area contributed by atoms with Crippen LogP contribution in [0.15, 0.2) is 35.8 Å². The summed E-state index contributed by atoms with van der Waals surface area (Å²) in [5.74, 6) is 1.30. The Morgan fingerprint density at radius 1 is 1.40 bits per heavy atom. The number of aromatic nitrogens is 1. The molecule has 25 heavy (non-hydrogen) atoms. The quantitative estimate of drug-likeness (QED) is 0.760. The van der Waals surface area contributed by atoms with E-state index in [2.05, 4.69) is 10.3 Å². The van der Waals surface area contributed by atoms with Crippen LogP contribution >= 0.6 is 11.3 Å². The van der Waals surface area contributed by atoms with E-state index in [-0.39, 0.29) is 12.0 Å². The molecule has 1 aliphatic heterocycles. The highest BCUT2D eigenvalue weighted by Crippen LogP contribution is 2.38. The molecule has 0 radical (unpaired) electrons. The summed E-state index contributed by atoms with van der Waals surface area (Å²) in [6.07, 6.45) is 0.996. The first-order chi connectivity index (χ1) is 12.1. The lowest BCUT2D eigenvalue weighted by Crippen LogP contribution is -2.13. The van der Waals surface area contributed by atoms with Gasteiger partial charge in [-0.25, -0.2) is 4.98 Å². The normalized spacial score (nSPS) is 15.7. The summed E-state index contributed by atoms with van der Waals surface area (Å²) in [5.41, 5.74) is 5.01. The van der Waals surface area contributed by atoms with Gasteiger partial charge in [-0.2, -0.15) is 0 Å². The van der Waals surface area contributed by atoms with E-state index in [9.17, 15) is 4.79 Å². The average molecular weight is 354 g/mol. The predicted molar refractivity (Wildman–Crippen MR) is 99.0 cm³/mol. The first-order valence-electron chi connectivity index (χ1n) is 8.25. The van der Waals surface area contributed by atoms with Crippen LogP contribution in [0.3, 0.4) is 0 Å². The fraction of sp³-hybridized carbons (Fsp3) is 0.263. The molecule has 3 aromatic rings. The zero-order valence-electron chi connectivity index (χ0n) is 14.0. The van der Waals surface area contributed by atoms with Crippen LogP contribution in [0, 0.1) is 0 Å². The van der Waals surface area contributed by atoms with Gasteiger partial charge in [-0.3, -0.25) is 4.79 Å². The van der Waals surface area contributed by atoms with Crippen molar-refractivity contribution in [3.8, 4) is 11.5 Å². The van der Waals surface area contributed by atoms with Crippen molar-refractivity contribution in [3.63, 3.8) is 0 Å². The molecule has 0 aliphatic carbocycles. The van der Waals surface area contributed by atoms with Crippen LogP contribution in [-0.2, 0) is 6.42 Å². The minimum absolute atomic E-state index is 0.143. The molecule has 0 bridgehead atoms. The molecule has 2 heterocycles. The van der Waals surface area contributed by atoms with E-state index >= 15 is 0 Å². The lowest BCUT2D eigenvalue weighted by molar-refractivity contribution is 0.102. The zero-order valence-corrected chi connectivity index (χ0v) is 14.9. The first-order valence-corrected chi connectivity index (χ1v) is 9.13. The number of carbonyl (C=O) groups is 1. The van der Waals surface area contributed by atoms with Crippen LogP contribution in [0.5, 0.6) is 11.5 Å². The van der Waals surface area contributed by atoms with E-state index in [0.29, 0.717) is 23.6 Å². The lowest BCUT2D eigenvalue weighted by Gasteiger charge is -2.13. The molecule has 1 amide bonds. The Morgan fingerprint density at radius 2 is 2.28 bits per heavy atom. The summed E-state index contributed by atoms with van der Waals surface area (Å²) in [5, 5.41) is 2.95. The molecule has 1 aliphatic rings. The Hall–Kier alpha value is -2.60. The Kier molecular flexibility index (Phi) is 4.05. The van der Waals surface area contributed by atoms with Crippen molar-refractivity contribution >= 4 is 33.1 Å². The number of thiazole rings is 1. The third-order valence-electron chi connectivity index (χ3n) is 4.14. The molecule has 0 saturated carbocycles. The van der Waals surface area contributed by atoms with E-state index in [1.165, 1.54) is 11.3 Å². The van der Waals surface area contributed by atoms with Crippen molar-refractivity contribution in [3.05, 3.63) is 47.0 Å². The number of hydrogen-bond acceptors (Lipinski definition) is 5. The third-order valence-corrected chi connectivity index (χ3v) is 4.93. The highest BCUT2D eigenvalue weighted by Gasteiger charge is 2.23. The van der Waals surface area contributed by atoms with Gasteiger partial charge < -0.3 is 14.8 Å². The van der Waals surface area contributed by atoms with Gasteiger partial charge in [0.05, 0.1) is 28.0 Å². The zero-order chi connectivity index (χ0) is 17.4. The summed E-state index contributed by atoms with van der Waals surface area (Å²) in [4.78, 5) is 16.9. The summed E-state index contributed by atoms with van der Waals surface area (Å²) in [6.45, 7) is 4.49. The smallest absolute Gasteiger partial charge is 0.255 e. The van der Waals surface area contributed by atoms with Crippen molar-refractivity contribution in [1.82, 2.24) is 4.98 Å². The van der Waals surface area contributed by atoms with Gasteiger partial charge in [0.2, 0.25) is 0 Å². The molecule has 5 nitrogen and oxygen atoms in total. The number of carbonyl (C=O) groups excluding carboxylic acids is 1. The second kappa shape index (κ2) is 6.37. The minimum atomic E-state index is -0.178. The van der Waals surface area contributed by atoms with Gasteiger partial charge in [0, 0.05) is 23.6 Å². The molecule has 1 N–H and O–H groups in total. The number of fused-ring (bicyclic) bond motifs is 2. The molecule has 1 unspecified atom stereocenters. The molecule has 0 fully saturated rings. The summed E-state index contributed by atoms with van der Waals surface area (Å²) >= 11 is 1.52. The number of ether oxygens (including phenoxy) is 2. The maximum Gasteiger partial charge on any atom is 0.255 e. The maximum absolute atomic E-state index is 12.7. The van der Waals surface area contributed by atoms with Gasteiger partial charge in [-0.15, -0.1) is 11.3 Å². The summed E-state index contributed by atoms with van der Waals surface area (Å²) in [6, 6.07) is 9.31. The minimum Gasteiger partial charge on any atom is -0.492 e. The van der Waals surface area contributed by atoms with E-state index in [1.807, 2.05) is 38.1 Å².